The Hall–Kier alpha value is -4.93. The standard InChI is InChI=1S/C32H27BClFN8/c33-32(22-8-10-23(35)11-9-22,29-19-43(42-41-29)25-12-13-25)40-24-15-26-30(21(17-37)18-38-31(26)27(34)16-24)39-28(7-4-14-36)20-5-2-1-3-6-20/h1-3,5-6,8-11,15-16,18-19,25,28,40H,4,7,12-13,33H2,(H,38,39). The van der Waals surface area contributed by atoms with Gasteiger partial charge in [0.25, 0.3) is 0 Å². The molecule has 2 aromatic heterocycles. The molecule has 8 nitrogen and oxygen atoms in total. The molecular formula is C32H27BClFN8. The normalized spacial score (nSPS) is 14.8. The van der Waals surface area contributed by atoms with Gasteiger partial charge < -0.3 is 10.6 Å². The summed E-state index contributed by atoms with van der Waals surface area (Å²) < 4.78 is 15.8. The van der Waals surface area contributed by atoms with Crippen LogP contribution < -0.4 is 10.6 Å². The van der Waals surface area contributed by atoms with Gasteiger partial charge in [-0.05, 0) is 54.7 Å². The summed E-state index contributed by atoms with van der Waals surface area (Å²) in [4.78, 5) is 4.51. The van der Waals surface area contributed by atoms with E-state index in [1.165, 1.54) is 18.3 Å². The van der Waals surface area contributed by atoms with Gasteiger partial charge in [-0.3, -0.25) is 4.98 Å². The van der Waals surface area contributed by atoms with Gasteiger partial charge in [0.15, 0.2) is 0 Å². The van der Waals surface area contributed by atoms with E-state index in [1.807, 2.05) is 55.1 Å². The maximum atomic E-state index is 13.9. The molecule has 2 unspecified atom stereocenters. The molecule has 6 rings (SSSR count). The first-order valence-electron chi connectivity index (χ1n) is 14.1. The summed E-state index contributed by atoms with van der Waals surface area (Å²) in [6.45, 7) is 0. The van der Waals surface area contributed by atoms with Crippen LogP contribution in [0.2, 0.25) is 5.02 Å². The van der Waals surface area contributed by atoms with Crippen LogP contribution in [0, 0.1) is 28.5 Å². The minimum absolute atomic E-state index is 0.226. The monoisotopic (exact) mass is 588 g/mol. The number of rotatable bonds is 10. The first-order valence-corrected chi connectivity index (χ1v) is 14.4. The topological polar surface area (TPSA) is 115 Å². The van der Waals surface area contributed by atoms with Crippen molar-refractivity contribution in [1.82, 2.24) is 20.0 Å². The van der Waals surface area contributed by atoms with Crippen molar-refractivity contribution in [1.29, 1.82) is 10.5 Å². The minimum atomic E-state index is -0.898. The SMILES string of the molecule is BC(Nc1cc(Cl)c2ncc(C#N)c(NC(CCC#N)c3ccccc3)c2c1)(c1ccc(F)cc1)c1cn(C2CC2)nn1. The summed E-state index contributed by atoms with van der Waals surface area (Å²) in [5.74, 6) is -0.336. The van der Waals surface area contributed by atoms with Crippen LogP contribution >= 0.6 is 11.6 Å². The van der Waals surface area contributed by atoms with Crippen LogP contribution in [0.25, 0.3) is 10.9 Å². The highest BCUT2D eigenvalue weighted by atomic mass is 35.5. The quantitative estimate of drug-likeness (QED) is 0.186. The Morgan fingerprint density at radius 2 is 1.88 bits per heavy atom. The average Bonchev–Trinajstić information content (AvgIpc) is 3.75. The van der Waals surface area contributed by atoms with Crippen LogP contribution in [0.4, 0.5) is 15.8 Å². The number of pyridine rings is 1. The predicted octanol–water partition coefficient (Wildman–Crippen LogP) is 6.23. The van der Waals surface area contributed by atoms with Crippen molar-refractivity contribution in [3.05, 3.63) is 112 Å². The largest absolute Gasteiger partial charge is 0.378 e. The Morgan fingerprint density at radius 1 is 1.12 bits per heavy atom. The number of anilines is 2. The minimum Gasteiger partial charge on any atom is -0.378 e. The number of halogens is 2. The molecule has 0 amide bonds. The number of hydrogen-bond donors (Lipinski definition) is 2. The zero-order chi connectivity index (χ0) is 30.0. The lowest BCUT2D eigenvalue weighted by molar-refractivity contribution is 0.610. The van der Waals surface area contributed by atoms with E-state index in [9.17, 15) is 14.9 Å². The molecule has 1 saturated carbocycles. The zero-order valence-electron chi connectivity index (χ0n) is 23.4. The van der Waals surface area contributed by atoms with Crippen LogP contribution in [-0.4, -0.2) is 27.8 Å². The molecule has 212 valence electrons. The predicted molar refractivity (Wildman–Crippen MR) is 167 cm³/mol. The summed E-state index contributed by atoms with van der Waals surface area (Å²) in [6, 6.07) is 24.4. The number of fused-ring (bicyclic) bond motifs is 1. The van der Waals surface area contributed by atoms with Crippen LogP contribution in [0.1, 0.15) is 60.2 Å². The Balaban J connectivity index is 1.45. The molecule has 5 aromatic rings. The lowest BCUT2D eigenvalue weighted by Gasteiger charge is -2.31. The van der Waals surface area contributed by atoms with Gasteiger partial charge in [-0.1, -0.05) is 59.3 Å². The lowest BCUT2D eigenvalue weighted by atomic mass is 9.69. The summed E-state index contributed by atoms with van der Waals surface area (Å²) >= 11 is 6.82. The molecule has 1 fully saturated rings. The molecule has 43 heavy (non-hydrogen) atoms. The second kappa shape index (κ2) is 11.8. The summed E-state index contributed by atoms with van der Waals surface area (Å²) in [6.07, 6.45) is 6.44. The van der Waals surface area contributed by atoms with E-state index >= 15 is 0 Å². The van der Waals surface area contributed by atoms with Crippen molar-refractivity contribution >= 4 is 41.7 Å². The van der Waals surface area contributed by atoms with E-state index < -0.39 is 5.44 Å². The van der Waals surface area contributed by atoms with Crippen molar-refractivity contribution < 1.29 is 4.39 Å². The molecule has 2 atom stereocenters. The van der Waals surface area contributed by atoms with Gasteiger partial charge in [-0.15, -0.1) is 5.10 Å². The molecule has 3 aromatic carbocycles. The van der Waals surface area contributed by atoms with E-state index in [1.54, 1.807) is 18.2 Å². The molecule has 2 N–H and O–H groups in total. The fraction of sp³-hybridized carbons (Fsp3) is 0.219. The second-order valence-corrected chi connectivity index (χ2v) is 11.3. The van der Waals surface area contributed by atoms with Crippen LogP contribution in [0.3, 0.4) is 0 Å². The molecule has 0 spiro atoms. The molecule has 0 saturated heterocycles. The molecular weight excluding hydrogens is 562 g/mol. The van der Waals surface area contributed by atoms with Crippen LogP contribution in [0.15, 0.2) is 79.1 Å². The van der Waals surface area contributed by atoms with Crippen LogP contribution in [-0.2, 0) is 5.44 Å². The smallest absolute Gasteiger partial charge is 0.148 e. The number of aromatic nitrogens is 4. The van der Waals surface area contributed by atoms with Gasteiger partial charge in [-0.25, -0.2) is 9.07 Å². The van der Waals surface area contributed by atoms with Gasteiger partial charge in [-0.2, -0.15) is 10.5 Å². The van der Waals surface area contributed by atoms with Gasteiger partial charge in [0.2, 0.25) is 0 Å². The summed E-state index contributed by atoms with van der Waals surface area (Å²) in [5.41, 5.74) is 3.67. The van der Waals surface area contributed by atoms with Gasteiger partial charge in [0.1, 0.15) is 25.4 Å². The third kappa shape index (κ3) is 5.75. The van der Waals surface area contributed by atoms with Crippen molar-refractivity contribution in [2.75, 3.05) is 10.6 Å². The molecule has 0 radical (unpaired) electrons. The summed E-state index contributed by atoms with van der Waals surface area (Å²) in [7, 11) is 1.97. The fourth-order valence-corrected chi connectivity index (χ4v) is 5.61. The Kier molecular flexibility index (Phi) is 7.71. The first-order chi connectivity index (χ1) is 20.9. The number of hydrogen-bond acceptors (Lipinski definition) is 7. The fourth-order valence-electron chi connectivity index (χ4n) is 5.34. The maximum Gasteiger partial charge on any atom is 0.148 e. The third-order valence-electron chi connectivity index (χ3n) is 7.87. The van der Waals surface area contributed by atoms with Crippen molar-refractivity contribution in [2.24, 2.45) is 0 Å². The van der Waals surface area contributed by atoms with Crippen molar-refractivity contribution in [2.45, 2.75) is 43.2 Å². The molecule has 2 heterocycles. The van der Waals surface area contributed by atoms with Gasteiger partial charge in [0.05, 0.1) is 51.6 Å². The van der Waals surface area contributed by atoms with Crippen LogP contribution in [0.5, 0.6) is 0 Å². The number of nitriles is 2. The van der Waals surface area contributed by atoms with Crippen molar-refractivity contribution in [3.8, 4) is 12.1 Å². The van der Waals surface area contributed by atoms with E-state index in [0.29, 0.717) is 57.4 Å². The molecule has 0 bridgehead atoms. The number of nitrogens with zero attached hydrogens (tertiary/aromatic N) is 6. The van der Waals surface area contributed by atoms with E-state index in [-0.39, 0.29) is 11.9 Å². The lowest BCUT2D eigenvalue weighted by Crippen LogP contribution is -2.37. The molecule has 1 aliphatic rings. The Bertz CT molecular complexity index is 1860. The highest BCUT2D eigenvalue weighted by molar-refractivity contribution is 6.36. The number of nitrogens with one attached hydrogen (secondary N) is 2. The Labute approximate surface area is 254 Å². The van der Waals surface area contributed by atoms with Gasteiger partial charge in [0, 0.05) is 23.7 Å². The molecule has 1 aliphatic carbocycles. The van der Waals surface area contributed by atoms with E-state index in [4.69, 9.17) is 11.6 Å². The van der Waals surface area contributed by atoms with Crippen molar-refractivity contribution in [3.63, 3.8) is 0 Å². The average molecular weight is 589 g/mol. The van der Waals surface area contributed by atoms with E-state index in [0.717, 1.165) is 24.0 Å². The molecule has 0 aliphatic heterocycles. The molecule has 11 heteroatoms. The first kappa shape index (κ1) is 28.2. The van der Waals surface area contributed by atoms with Gasteiger partial charge >= 0.3 is 0 Å². The summed E-state index contributed by atoms with van der Waals surface area (Å²) in [5, 5.41) is 36.4. The van der Waals surface area contributed by atoms with E-state index in [2.05, 4.69) is 38.1 Å². The third-order valence-corrected chi connectivity index (χ3v) is 8.16. The highest BCUT2D eigenvalue weighted by Gasteiger charge is 2.34. The highest BCUT2D eigenvalue weighted by Crippen LogP contribution is 2.39. The zero-order valence-corrected chi connectivity index (χ0v) is 24.2. The number of benzene rings is 3. The maximum absolute atomic E-state index is 13.9. The second-order valence-electron chi connectivity index (χ2n) is 10.9. The Morgan fingerprint density at radius 3 is 2.58 bits per heavy atom.